The topological polar surface area (TPSA) is 127 Å². The summed E-state index contributed by atoms with van der Waals surface area (Å²) < 4.78 is 10.3. The van der Waals surface area contributed by atoms with Crippen molar-refractivity contribution in [3.63, 3.8) is 0 Å². The molecule has 0 atom stereocenters. The maximum absolute atomic E-state index is 11.9. The predicted octanol–water partition coefficient (Wildman–Crippen LogP) is 7.08. The molecule has 0 aliphatic carbocycles. The fourth-order valence-electron chi connectivity index (χ4n) is 4.00. The number of hydrogen-bond acceptors (Lipinski definition) is 6. The minimum absolute atomic E-state index is 0.0515. The van der Waals surface area contributed by atoms with E-state index in [0.717, 1.165) is 37.7 Å². The highest BCUT2D eigenvalue weighted by Crippen LogP contribution is 2.25. The van der Waals surface area contributed by atoms with E-state index in [-0.39, 0.29) is 28.2 Å². The van der Waals surface area contributed by atoms with Gasteiger partial charge in [-0.3, -0.25) is 0 Å². The molecule has 8 nitrogen and oxygen atoms in total. The third-order valence-electron chi connectivity index (χ3n) is 5.92. The second-order valence-electron chi connectivity index (χ2n) is 10.5. The van der Waals surface area contributed by atoms with Gasteiger partial charge in [-0.25, -0.2) is 19.2 Å². The van der Waals surface area contributed by atoms with Gasteiger partial charge in [-0.1, -0.05) is 72.6 Å². The van der Waals surface area contributed by atoms with Crippen LogP contribution in [0.1, 0.15) is 120 Å². The molecule has 0 heterocycles. The Labute approximate surface area is 237 Å². The van der Waals surface area contributed by atoms with E-state index in [2.05, 4.69) is 13.8 Å². The van der Waals surface area contributed by atoms with Gasteiger partial charge in [-0.05, 0) is 66.8 Å². The van der Waals surface area contributed by atoms with Crippen LogP contribution in [0.2, 0.25) is 0 Å². The number of carbonyl (C=O) groups is 4. The lowest BCUT2D eigenvalue weighted by Crippen LogP contribution is -2.16. The Morgan fingerprint density at radius 3 is 1.52 bits per heavy atom. The molecule has 220 valence electrons. The van der Waals surface area contributed by atoms with Crippen LogP contribution in [0.5, 0.6) is 0 Å². The first-order valence-electron chi connectivity index (χ1n) is 14.0. The number of hydrogen-bond donors (Lipinski definition) is 2. The van der Waals surface area contributed by atoms with E-state index >= 15 is 0 Å². The predicted molar refractivity (Wildman–Crippen MR) is 154 cm³/mol. The molecule has 0 saturated heterocycles. The molecule has 2 aromatic rings. The van der Waals surface area contributed by atoms with Gasteiger partial charge in [-0.2, -0.15) is 0 Å². The molecule has 8 heteroatoms. The van der Waals surface area contributed by atoms with Gasteiger partial charge in [0.05, 0.1) is 35.5 Å². The van der Waals surface area contributed by atoms with E-state index < -0.39 is 23.9 Å². The SMILES string of the molecule is CC(C)Cc1ccc(C(=O)O)c(C(=O)O)c1CC(C)C.CCCCOC(=O)c1ccccc1C(=O)OCCCC. The number of carboxylic acid groups (broad SMARTS) is 2. The summed E-state index contributed by atoms with van der Waals surface area (Å²) >= 11 is 0. The molecule has 0 saturated carbocycles. The van der Waals surface area contributed by atoms with Crippen LogP contribution in [0.4, 0.5) is 0 Å². The molecule has 2 N–H and O–H groups in total. The number of carbonyl (C=O) groups excluding carboxylic acids is 2. The van der Waals surface area contributed by atoms with Crippen molar-refractivity contribution in [2.75, 3.05) is 13.2 Å². The van der Waals surface area contributed by atoms with Crippen LogP contribution in [-0.4, -0.2) is 47.3 Å². The van der Waals surface area contributed by atoms with Crippen molar-refractivity contribution in [2.24, 2.45) is 11.8 Å². The normalized spacial score (nSPS) is 10.6. The molecule has 0 amide bonds. The molecule has 0 bridgehead atoms. The molecule has 2 aromatic carbocycles. The summed E-state index contributed by atoms with van der Waals surface area (Å²) in [6.07, 6.45) is 4.86. The molecule has 0 aliphatic rings. The number of ether oxygens (including phenoxy) is 2. The lowest BCUT2D eigenvalue weighted by molar-refractivity contribution is 0.0452. The number of benzene rings is 2. The van der Waals surface area contributed by atoms with Crippen LogP contribution >= 0.6 is 0 Å². The number of aromatic carboxylic acids is 2. The monoisotopic (exact) mass is 556 g/mol. The summed E-state index contributed by atoms with van der Waals surface area (Å²) in [6, 6.07) is 9.76. The summed E-state index contributed by atoms with van der Waals surface area (Å²) in [4.78, 5) is 46.6. The zero-order valence-electron chi connectivity index (χ0n) is 24.6. The van der Waals surface area contributed by atoms with Crippen molar-refractivity contribution in [3.8, 4) is 0 Å². The maximum Gasteiger partial charge on any atom is 0.339 e. The standard InChI is InChI=1S/2C16H22O4/c1-9(2)7-11-5-6-12(15(17)18)14(16(19)20)13(11)8-10(3)4;1-3-5-11-19-15(17)13-9-7-8-10-14(13)16(18)20-12-6-4-2/h5-6,9-10H,7-8H2,1-4H3,(H,17,18)(H,19,20);7-10H,3-6,11-12H2,1-2H3. The quantitative estimate of drug-likeness (QED) is 0.187. The van der Waals surface area contributed by atoms with Crippen LogP contribution in [-0.2, 0) is 22.3 Å². The van der Waals surface area contributed by atoms with E-state index in [1.54, 1.807) is 30.3 Å². The third kappa shape index (κ3) is 11.2. The lowest BCUT2D eigenvalue weighted by atomic mass is 9.87. The minimum Gasteiger partial charge on any atom is -0.478 e. The zero-order chi connectivity index (χ0) is 30.2. The fraction of sp³-hybridized carbons (Fsp3) is 0.500. The molecule has 0 unspecified atom stereocenters. The van der Waals surface area contributed by atoms with Gasteiger partial charge in [-0.15, -0.1) is 0 Å². The maximum atomic E-state index is 11.9. The first-order valence-corrected chi connectivity index (χ1v) is 14.0. The van der Waals surface area contributed by atoms with Gasteiger partial charge < -0.3 is 19.7 Å². The lowest BCUT2D eigenvalue weighted by Gasteiger charge is -2.17. The molecular formula is C32H44O8. The first-order chi connectivity index (χ1) is 18.9. The number of rotatable bonds is 14. The van der Waals surface area contributed by atoms with E-state index in [4.69, 9.17) is 9.47 Å². The van der Waals surface area contributed by atoms with Crippen LogP contribution in [0, 0.1) is 11.8 Å². The third-order valence-corrected chi connectivity index (χ3v) is 5.92. The fourth-order valence-corrected chi connectivity index (χ4v) is 4.00. The van der Waals surface area contributed by atoms with Crippen LogP contribution in [0.15, 0.2) is 36.4 Å². The van der Waals surface area contributed by atoms with Crippen LogP contribution in [0.25, 0.3) is 0 Å². The van der Waals surface area contributed by atoms with E-state index in [0.29, 0.717) is 31.1 Å². The minimum atomic E-state index is -1.19. The Morgan fingerprint density at radius 1 is 0.675 bits per heavy atom. The molecule has 0 fully saturated rings. The van der Waals surface area contributed by atoms with Gasteiger partial charge in [0, 0.05) is 0 Å². The van der Waals surface area contributed by atoms with Gasteiger partial charge in [0.1, 0.15) is 0 Å². The zero-order valence-corrected chi connectivity index (χ0v) is 24.6. The van der Waals surface area contributed by atoms with Crippen molar-refractivity contribution < 1.29 is 38.9 Å². The second kappa shape index (κ2) is 17.8. The van der Waals surface area contributed by atoms with Crippen molar-refractivity contribution >= 4 is 23.9 Å². The van der Waals surface area contributed by atoms with Crippen molar-refractivity contribution in [2.45, 2.75) is 80.1 Å². The number of unbranched alkanes of at least 4 members (excludes halogenated alkanes) is 2. The van der Waals surface area contributed by atoms with E-state index in [1.165, 1.54) is 6.07 Å². The Balaban J connectivity index is 0.000000400. The summed E-state index contributed by atoms with van der Waals surface area (Å²) in [5, 5.41) is 18.6. The summed E-state index contributed by atoms with van der Waals surface area (Å²) in [7, 11) is 0. The average molecular weight is 557 g/mol. The molecule has 0 radical (unpaired) electrons. The Bertz CT molecular complexity index is 1090. The second-order valence-corrected chi connectivity index (χ2v) is 10.5. The van der Waals surface area contributed by atoms with E-state index in [9.17, 15) is 29.4 Å². The average Bonchev–Trinajstić information content (AvgIpc) is 2.89. The molecule has 0 spiro atoms. The van der Waals surface area contributed by atoms with Crippen molar-refractivity contribution in [1.29, 1.82) is 0 Å². The van der Waals surface area contributed by atoms with Crippen molar-refractivity contribution in [3.05, 3.63) is 69.8 Å². The Hall–Kier alpha value is -3.68. The Morgan fingerprint density at radius 2 is 1.15 bits per heavy atom. The summed E-state index contributed by atoms with van der Waals surface area (Å²) in [6.45, 7) is 12.9. The van der Waals surface area contributed by atoms with Gasteiger partial charge >= 0.3 is 23.9 Å². The van der Waals surface area contributed by atoms with Gasteiger partial charge in [0.25, 0.3) is 0 Å². The number of esters is 2. The highest BCUT2D eigenvalue weighted by Gasteiger charge is 2.23. The highest BCUT2D eigenvalue weighted by atomic mass is 16.5. The van der Waals surface area contributed by atoms with Crippen molar-refractivity contribution in [1.82, 2.24) is 0 Å². The number of carboxylic acids is 2. The Kier molecular flexibility index (Phi) is 15.3. The largest absolute Gasteiger partial charge is 0.478 e. The molecule has 0 aliphatic heterocycles. The molecular weight excluding hydrogens is 512 g/mol. The summed E-state index contributed by atoms with van der Waals surface area (Å²) in [5.41, 5.74) is 1.97. The first kappa shape index (κ1) is 34.3. The molecule has 2 rings (SSSR count). The summed E-state index contributed by atoms with van der Waals surface area (Å²) in [5.74, 6) is -2.64. The highest BCUT2D eigenvalue weighted by molar-refractivity contribution is 6.03. The van der Waals surface area contributed by atoms with Crippen LogP contribution < -0.4 is 0 Å². The smallest absolute Gasteiger partial charge is 0.339 e. The van der Waals surface area contributed by atoms with Gasteiger partial charge in [0.15, 0.2) is 0 Å². The molecule has 0 aromatic heterocycles. The van der Waals surface area contributed by atoms with Crippen LogP contribution in [0.3, 0.4) is 0 Å². The van der Waals surface area contributed by atoms with Gasteiger partial charge in [0.2, 0.25) is 0 Å². The molecule has 40 heavy (non-hydrogen) atoms. The van der Waals surface area contributed by atoms with E-state index in [1.807, 2.05) is 27.7 Å².